The molecule has 0 radical (unpaired) electrons. The Kier molecular flexibility index (Phi) is 4.94. The molecule has 0 unspecified atom stereocenters. The minimum Gasteiger partial charge on any atom is -0.392 e. The van der Waals surface area contributed by atoms with E-state index >= 15 is 0 Å². The van der Waals surface area contributed by atoms with Crippen molar-refractivity contribution in [1.82, 2.24) is 0 Å². The number of hydrogen-bond donors (Lipinski definition) is 1. The third kappa shape index (κ3) is 4.34. The standard InChI is InChI=1S/C11H16OS/c1-2-13-9-11(12)8-10-6-4-3-5-7-10/h3-7,11-12H,2,8-9H2,1H3/t11-/m0/s1. The highest BCUT2D eigenvalue weighted by atomic mass is 32.2. The third-order valence-corrected chi connectivity index (χ3v) is 2.86. The summed E-state index contributed by atoms with van der Waals surface area (Å²) in [6.45, 7) is 2.11. The van der Waals surface area contributed by atoms with Crippen molar-refractivity contribution in [2.75, 3.05) is 11.5 Å². The van der Waals surface area contributed by atoms with Gasteiger partial charge >= 0.3 is 0 Å². The van der Waals surface area contributed by atoms with Crippen molar-refractivity contribution in [3.05, 3.63) is 35.9 Å². The quantitative estimate of drug-likeness (QED) is 0.780. The molecule has 2 heteroatoms. The van der Waals surface area contributed by atoms with E-state index in [1.54, 1.807) is 11.8 Å². The molecule has 0 saturated carbocycles. The second-order valence-corrected chi connectivity index (χ2v) is 4.32. The number of aliphatic hydroxyl groups is 1. The van der Waals surface area contributed by atoms with E-state index in [9.17, 15) is 5.11 Å². The van der Waals surface area contributed by atoms with Gasteiger partial charge in [0, 0.05) is 5.75 Å². The van der Waals surface area contributed by atoms with Crippen LogP contribution in [0, 0.1) is 0 Å². The van der Waals surface area contributed by atoms with Crippen LogP contribution < -0.4 is 0 Å². The topological polar surface area (TPSA) is 20.2 Å². The van der Waals surface area contributed by atoms with E-state index in [2.05, 4.69) is 19.1 Å². The Hall–Kier alpha value is -0.470. The lowest BCUT2D eigenvalue weighted by Gasteiger charge is -2.08. The molecule has 1 nitrogen and oxygen atoms in total. The molecule has 1 N–H and O–H groups in total. The zero-order valence-corrected chi connectivity index (χ0v) is 8.76. The molecule has 0 fully saturated rings. The molecule has 1 rings (SSSR count). The van der Waals surface area contributed by atoms with Gasteiger partial charge in [-0.2, -0.15) is 11.8 Å². The van der Waals surface area contributed by atoms with Gasteiger partial charge in [-0.15, -0.1) is 0 Å². The van der Waals surface area contributed by atoms with E-state index < -0.39 is 0 Å². The molecule has 13 heavy (non-hydrogen) atoms. The van der Waals surface area contributed by atoms with Crippen molar-refractivity contribution in [1.29, 1.82) is 0 Å². The summed E-state index contributed by atoms with van der Waals surface area (Å²) in [4.78, 5) is 0. The van der Waals surface area contributed by atoms with Crippen molar-refractivity contribution >= 4 is 11.8 Å². The molecule has 0 aromatic heterocycles. The van der Waals surface area contributed by atoms with Crippen LogP contribution in [0.1, 0.15) is 12.5 Å². The average Bonchev–Trinajstić information content (AvgIpc) is 2.16. The highest BCUT2D eigenvalue weighted by Crippen LogP contribution is 2.08. The number of benzene rings is 1. The molecular formula is C11H16OS. The predicted octanol–water partition coefficient (Wildman–Crippen LogP) is 2.34. The van der Waals surface area contributed by atoms with Crippen LogP contribution in [0.5, 0.6) is 0 Å². The van der Waals surface area contributed by atoms with Crippen molar-refractivity contribution in [2.45, 2.75) is 19.4 Å². The molecule has 0 aliphatic rings. The van der Waals surface area contributed by atoms with Gasteiger partial charge in [-0.25, -0.2) is 0 Å². The molecule has 0 aliphatic heterocycles. The second kappa shape index (κ2) is 6.06. The SMILES string of the molecule is CCSC[C@@H](O)Cc1ccccc1. The fourth-order valence-corrected chi connectivity index (χ4v) is 1.82. The van der Waals surface area contributed by atoms with E-state index in [0.29, 0.717) is 0 Å². The molecule has 0 bridgehead atoms. The van der Waals surface area contributed by atoms with Gasteiger partial charge in [0.25, 0.3) is 0 Å². The van der Waals surface area contributed by atoms with Crippen LogP contribution in [0.3, 0.4) is 0 Å². The lowest BCUT2D eigenvalue weighted by atomic mass is 10.1. The largest absolute Gasteiger partial charge is 0.392 e. The summed E-state index contributed by atoms with van der Waals surface area (Å²) in [5.74, 6) is 1.91. The fourth-order valence-electron chi connectivity index (χ4n) is 1.20. The van der Waals surface area contributed by atoms with Gasteiger partial charge in [0.15, 0.2) is 0 Å². The minimum atomic E-state index is -0.202. The van der Waals surface area contributed by atoms with Crippen LogP contribution in [-0.4, -0.2) is 22.7 Å². The van der Waals surface area contributed by atoms with E-state index in [1.165, 1.54) is 5.56 Å². The molecule has 1 aromatic rings. The summed E-state index contributed by atoms with van der Waals surface area (Å²) >= 11 is 1.79. The van der Waals surface area contributed by atoms with E-state index in [-0.39, 0.29) is 6.10 Å². The number of rotatable bonds is 5. The monoisotopic (exact) mass is 196 g/mol. The van der Waals surface area contributed by atoms with Crippen LogP contribution in [0.4, 0.5) is 0 Å². The van der Waals surface area contributed by atoms with Crippen LogP contribution in [0.25, 0.3) is 0 Å². The lowest BCUT2D eigenvalue weighted by molar-refractivity contribution is 0.200. The molecule has 1 atom stereocenters. The minimum absolute atomic E-state index is 0.202. The Balaban J connectivity index is 2.32. The average molecular weight is 196 g/mol. The van der Waals surface area contributed by atoms with Crippen molar-refractivity contribution in [3.63, 3.8) is 0 Å². The first-order valence-corrected chi connectivity index (χ1v) is 5.78. The predicted molar refractivity (Wildman–Crippen MR) is 59.2 cm³/mol. The van der Waals surface area contributed by atoms with Crippen LogP contribution in [0.2, 0.25) is 0 Å². The molecule has 0 amide bonds. The first-order valence-electron chi connectivity index (χ1n) is 4.62. The normalized spacial score (nSPS) is 12.8. The van der Waals surface area contributed by atoms with Gasteiger partial charge in [-0.1, -0.05) is 37.3 Å². The van der Waals surface area contributed by atoms with Crippen LogP contribution in [-0.2, 0) is 6.42 Å². The van der Waals surface area contributed by atoms with Crippen molar-refractivity contribution < 1.29 is 5.11 Å². The molecule has 0 heterocycles. The maximum Gasteiger partial charge on any atom is 0.0670 e. The molecule has 0 saturated heterocycles. The van der Waals surface area contributed by atoms with E-state index in [1.807, 2.05) is 18.2 Å². The maximum atomic E-state index is 9.61. The van der Waals surface area contributed by atoms with Crippen molar-refractivity contribution in [2.24, 2.45) is 0 Å². The van der Waals surface area contributed by atoms with Gasteiger partial charge in [0.1, 0.15) is 0 Å². The number of hydrogen-bond acceptors (Lipinski definition) is 2. The Morgan fingerprint density at radius 2 is 2.00 bits per heavy atom. The Morgan fingerprint density at radius 1 is 1.31 bits per heavy atom. The second-order valence-electron chi connectivity index (χ2n) is 3.00. The Labute approximate surface area is 84.2 Å². The van der Waals surface area contributed by atoms with Gasteiger partial charge < -0.3 is 5.11 Å². The van der Waals surface area contributed by atoms with Gasteiger partial charge in [0.05, 0.1) is 6.10 Å². The fraction of sp³-hybridized carbons (Fsp3) is 0.455. The van der Waals surface area contributed by atoms with Crippen LogP contribution in [0.15, 0.2) is 30.3 Å². The smallest absolute Gasteiger partial charge is 0.0670 e. The van der Waals surface area contributed by atoms with Gasteiger partial charge in [0.2, 0.25) is 0 Å². The molecular weight excluding hydrogens is 180 g/mol. The summed E-state index contributed by atoms with van der Waals surface area (Å²) in [6, 6.07) is 10.1. The summed E-state index contributed by atoms with van der Waals surface area (Å²) in [5, 5.41) is 9.61. The summed E-state index contributed by atoms with van der Waals surface area (Å²) < 4.78 is 0. The van der Waals surface area contributed by atoms with Crippen molar-refractivity contribution in [3.8, 4) is 0 Å². The summed E-state index contributed by atoms with van der Waals surface area (Å²) in [6.07, 6.45) is 0.570. The molecule has 72 valence electrons. The highest BCUT2D eigenvalue weighted by Gasteiger charge is 2.03. The molecule has 0 aliphatic carbocycles. The Morgan fingerprint density at radius 3 is 2.62 bits per heavy atom. The zero-order chi connectivity index (χ0) is 9.52. The molecule has 1 aromatic carbocycles. The zero-order valence-electron chi connectivity index (χ0n) is 7.94. The molecule has 0 spiro atoms. The number of aliphatic hydroxyl groups excluding tert-OH is 1. The lowest BCUT2D eigenvalue weighted by Crippen LogP contribution is -2.13. The maximum absolute atomic E-state index is 9.61. The van der Waals surface area contributed by atoms with Crippen LogP contribution >= 0.6 is 11.8 Å². The van der Waals surface area contributed by atoms with Gasteiger partial charge in [-0.3, -0.25) is 0 Å². The van der Waals surface area contributed by atoms with E-state index in [4.69, 9.17) is 0 Å². The summed E-state index contributed by atoms with van der Waals surface area (Å²) in [7, 11) is 0. The third-order valence-electron chi connectivity index (χ3n) is 1.83. The summed E-state index contributed by atoms with van der Waals surface area (Å²) in [5.41, 5.74) is 1.21. The van der Waals surface area contributed by atoms with E-state index in [0.717, 1.165) is 17.9 Å². The Bertz CT molecular complexity index is 223. The number of thioether (sulfide) groups is 1. The highest BCUT2D eigenvalue weighted by molar-refractivity contribution is 7.99. The first kappa shape index (κ1) is 10.6. The first-order chi connectivity index (χ1) is 6.33. The van der Waals surface area contributed by atoms with Gasteiger partial charge in [-0.05, 0) is 17.7 Å².